The van der Waals surface area contributed by atoms with Crippen molar-refractivity contribution < 1.29 is 0 Å². The maximum absolute atomic E-state index is 4.88. The van der Waals surface area contributed by atoms with Crippen LogP contribution in [0.1, 0.15) is 60.8 Å². The predicted octanol–water partition coefficient (Wildman–Crippen LogP) is 9.07. The highest BCUT2D eigenvalue weighted by Gasteiger charge is 2.52. The van der Waals surface area contributed by atoms with Crippen LogP contribution in [0.25, 0.3) is 22.3 Å². The van der Waals surface area contributed by atoms with E-state index in [4.69, 9.17) is 9.97 Å². The van der Waals surface area contributed by atoms with Gasteiger partial charge in [0.2, 0.25) is 11.9 Å². The van der Waals surface area contributed by atoms with E-state index in [0.29, 0.717) is 0 Å². The summed E-state index contributed by atoms with van der Waals surface area (Å²) >= 11 is 0. The van der Waals surface area contributed by atoms with E-state index < -0.39 is 5.41 Å². The Balaban J connectivity index is 1.22. The summed E-state index contributed by atoms with van der Waals surface area (Å²) < 4.78 is 4.66. The van der Waals surface area contributed by atoms with Gasteiger partial charge in [0, 0.05) is 62.3 Å². The summed E-state index contributed by atoms with van der Waals surface area (Å²) in [4.78, 5) is 14.7. The number of aryl methyl sites for hydroxylation is 2. The van der Waals surface area contributed by atoms with Gasteiger partial charge in [-0.1, -0.05) is 60.7 Å². The molecule has 1 spiro atoms. The standard InChI is InChI=1S/C41H38N6/c1-7-21-44-25-19-42-39(44)46(23-9-1)29-15-17-33-34-18-16-30(47-24-10-2-8-22-45-26-20-43-40(45)47)28-38(34)41(37(33)27-29)35-13-5-3-11-31(35)32-12-4-6-14-36(32)41/h3-6,11-20,25-28H,1-2,7-10,21-24H2. The highest BCUT2D eigenvalue weighted by Crippen LogP contribution is 2.63. The molecule has 47 heavy (non-hydrogen) atoms. The van der Waals surface area contributed by atoms with Crippen molar-refractivity contribution in [2.75, 3.05) is 22.9 Å². The summed E-state index contributed by atoms with van der Waals surface area (Å²) in [5.74, 6) is 2.10. The second kappa shape index (κ2) is 10.5. The van der Waals surface area contributed by atoms with Crippen molar-refractivity contribution in [3.63, 3.8) is 0 Å². The molecule has 0 atom stereocenters. The van der Waals surface area contributed by atoms with Gasteiger partial charge in [-0.05, 0) is 107 Å². The Labute approximate surface area is 276 Å². The first-order valence-electron chi connectivity index (χ1n) is 17.4. The zero-order chi connectivity index (χ0) is 31.0. The monoisotopic (exact) mass is 614 g/mol. The fourth-order valence-corrected chi connectivity index (χ4v) is 9.04. The highest BCUT2D eigenvalue weighted by molar-refractivity contribution is 5.96. The van der Waals surface area contributed by atoms with Crippen LogP contribution < -0.4 is 9.80 Å². The van der Waals surface area contributed by atoms with E-state index in [0.717, 1.165) is 50.9 Å². The third kappa shape index (κ3) is 3.84. The van der Waals surface area contributed by atoms with Crippen LogP contribution in [0, 0.1) is 0 Å². The van der Waals surface area contributed by atoms with Crippen LogP contribution in [0.4, 0.5) is 23.3 Å². The van der Waals surface area contributed by atoms with Gasteiger partial charge in [0.1, 0.15) is 0 Å². The molecule has 232 valence electrons. The molecule has 0 N–H and O–H groups in total. The molecule has 0 amide bonds. The lowest BCUT2D eigenvalue weighted by Crippen LogP contribution is -2.28. The molecule has 6 aromatic rings. The third-order valence-electron chi connectivity index (χ3n) is 11.1. The van der Waals surface area contributed by atoms with Crippen LogP contribution >= 0.6 is 0 Å². The summed E-state index contributed by atoms with van der Waals surface area (Å²) in [7, 11) is 0. The number of aromatic nitrogens is 4. The zero-order valence-electron chi connectivity index (χ0n) is 26.6. The van der Waals surface area contributed by atoms with E-state index >= 15 is 0 Å². The average Bonchev–Trinajstić information content (AvgIpc) is 3.87. The van der Waals surface area contributed by atoms with Gasteiger partial charge in [0.25, 0.3) is 0 Å². The third-order valence-corrected chi connectivity index (χ3v) is 11.1. The Bertz CT molecular complexity index is 2000. The topological polar surface area (TPSA) is 42.1 Å². The van der Waals surface area contributed by atoms with Gasteiger partial charge in [-0.3, -0.25) is 0 Å². The summed E-state index contributed by atoms with van der Waals surface area (Å²) in [6.07, 6.45) is 15.4. The minimum absolute atomic E-state index is 0.416. The minimum Gasteiger partial charge on any atom is -0.317 e. The molecular formula is C41H38N6. The van der Waals surface area contributed by atoms with Gasteiger partial charge in [-0.2, -0.15) is 0 Å². The Morgan fingerprint density at radius 3 is 1.40 bits per heavy atom. The van der Waals surface area contributed by atoms with Crippen molar-refractivity contribution in [3.8, 4) is 22.3 Å². The van der Waals surface area contributed by atoms with Crippen molar-refractivity contribution >= 4 is 23.3 Å². The maximum atomic E-state index is 4.88. The van der Waals surface area contributed by atoms with Crippen LogP contribution in [-0.2, 0) is 18.5 Å². The molecule has 4 aliphatic rings. The zero-order valence-corrected chi connectivity index (χ0v) is 26.6. The normalized spacial score (nSPS) is 17.4. The average molecular weight is 615 g/mol. The number of nitrogens with zero attached hydrogens (tertiary/aromatic N) is 6. The van der Waals surface area contributed by atoms with Crippen molar-refractivity contribution in [3.05, 3.63) is 132 Å². The smallest absolute Gasteiger partial charge is 0.209 e. The van der Waals surface area contributed by atoms with Gasteiger partial charge in [-0.25, -0.2) is 9.97 Å². The molecule has 0 bridgehead atoms. The van der Waals surface area contributed by atoms with Crippen molar-refractivity contribution in [1.29, 1.82) is 0 Å². The van der Waals surface area contributed by atoms with Gasteiger partial charge in [-0.15, -0.1) is 0 Å². The van der Waals surface area contributed by atoms with Gasteiger partial charge in [0.05, 0.1) is 5.41 Å². The van der Waals surface area contributed by atoms with Gasteiger partial charge < -0.3 is 18.9 Å². The second-order valence-electron chi connectivity index (χ2n) is 13.6. The van der Waals surface area contributed by atoms with Crippen molar-refractivity contribution in [1.82, 2.24) is 19.1 Å². The maximum Gasteiger partial charge on any atom is 0.209 e. The van der Waals surface area contributed by atoms with Crippen molar-refractivity contribution in [2.24, 2.45) is 0 Å². The number of fused-ring (bicyclic) bond motifs is 12. The molecule has 6 heteroatoms. The largest absolute Gasteiger partial charge is 0.317 e. The lowest BCUT2D eigenvalue weighted by Gasteiger charge is -2.33. The Morgan fingerprint density at radius 2 is 0.894 bits per heavy atom. The molecule has 0 fully saturated rings. The lowest BCUT2D eigenvalue weighted by atomic mass is 9.70. The fourth-order valence-electron chi connectivity index (χ4n) is 9.04. The van der Waals surface area contributed by atoms with Crippen molar-refractivity contribution in [2.45, 2.75) is 57.0 Å². The summed E-state index contributed by atoms with van der Waals surface area (Å²) in [6.45, 7) is 3.97. The fraction of sp³-hybridized carbons (Fsp3) is 0.268. The van der Waals surface area contributed by atoms with E-state index in [9.17, 15) is 0 Å². The van der Waals surface area contributed by atoms with E-state index in [1.165, 1.54) is 81.6 Å². The van der Waals surface area contributed by atoms with Crippen LogP contribution in [0.2, 0.25) is 0 Å². The summed E-state index contributed by atoms with van der Waals surface area (Å²) in [5, 5.41) is 0. The van der Waals surface area contributed by atoms with Gasteiger partial charge in [0.15, 0.2) is 0 Å². The number of imidazole rings is 2. The number of benzene rings is 4. The molecule has 2 aliphatic heterocycles. The van der Waals surface area contributed by atoms with Crippen LogP contribution in [0.5, 0.6) is 0 Å². The minimum atomic E-state index is -0.416. The molecule has 2 aromatic heterocycles. The van der Waals surface area contributed by atoms with E-state index in [-0.39, 0.29) is 0 Å². The predicted molar refractivity (Wildman–Crippen MR) is 189 cm³/mol. The first-order valence-corrected chi connectivity index (χ1v) is 17.4. The molecule has 0 saturated carbocycles. The summed E-state index contributed by atoms with van der Waals surface area (Å²) in [5.41, 5.74) is 12.8. The first kappa shape index (κ1) is 27.1. The molecule has 0 radical (unpaired) electrons. The lowest BCUT2D eigenvalue weighted by molar-refractivity contribution is 0.560. The number of rotatable bonds is 2. The van der Waals surface area contributed by atoms with E-state index in [1.807, 2.05) is 12.4 Å². The van der Waals surface area contributed by atoms with E-state index in [2.05, 4.69) is 116 Å². The SMILES string of the molecule is c1ccc2c(c1)-c1ccccc1C21c2cc(N3CCCCCn4ccnc43)ccc2-c2ccc(N3CCCCCn4ccnc43)cc21. The van der Waals surface area contributed by atoms with Crippen LogP contribution in [-0.4, -0.2) is 32.2 Å². The Morgan fingerprint density at radius 1 is 0.447 bits per heavy atom. The van der Waals surface area contributed by atoms with E-state index in [1.54, 1.807) is 0 Å². The van der Waals surface area contributed by atoms with Gasteiger partial charge >= 0.3 is 0 Å². The number of anilines is 4. The molecule has 0 saturated heterocycles. The number of hydrogen-bond acceptors (Lipinski definition) is 4. The Hall–Kier alpha value is -5.10. The molecule has 10 rings (SSSR count). The van der Waals surface area contributed by atoms with Crippen LogP contribution in [0.3, 0.4) is 0 Å². The highest BCUT2D eigenvalue weighted by atomic mass is 15.3. The Kier molecular flexibility index (Phi) is 6.02. The molecule has 4 heterocycles. The summed E-state index contributed by atoms with van der Waals surface area (Å²) in [6, 6.07) is 32.6. The molecular weight excluding hydrogens is 576 g/mol. The molecule has 0 unspecified atom stereocenters. The number of hydrogen-bond donors (Lipinski definition) is 0. The quantitative estimate of drug-likeness (QED) is 0.195. The molecule has 4 aromatic carbocycles. The van der Waals surface area contributed by atoms with Crippen LogP contribution in [0.15, 0.2) is 110 Å². The second-order valence-corrected chi connectivity index (χ2v) is 13.6. The first-order chi connectivity index (χ1) is 23.3. The molecule has 6 nitrogen and oxygen atoms in total. The molecule has 2 aliphatic carbocycles.